The Kier molecular flexibility index (Phi) is 7.78. The lowest BCUT2D eigenvalue weighted by Crippen LogP contribution is -2.31. The molecule has 0 spiro atoms. The minimum atomic E-state index is -4.37. The first-order valence-corrected chi connectivity index (χ1v) is 8.21. The average Bonchev–Trinajstić information content (AvgIpc) is 2.23. The van der Waals surface area contributed by atoms with Crippen molar-refractivity contribution >= 4 is 26.3 Å². The van der Waals surface area contributed by atoms with E-state index < -0.39 is 26.3 Å². The Morgan fingerprint density at radius 3 is 2.26 bits per heavy atom. The van der Waals surface area contributed by atoms with Gasteiger partial charge in [0.15, 0.2) is 0 Å². The molecule has 0 heterocycles. The summed E-state index contributed by atoms with van der Waals surface area (Å²) >= 11 is 0. The first kappa shape index (κ1) is 18.0. The van der Waals surface area contributed by atoms with Crippen LogP contribution in [0.2, 0.25) is 0 Å². The van der Waals surface area contributed by atoms with Crippen LogP contribution in [0, 0.1) is 0 Å². The molecule has 0 aromatic heterocycles. The van der Waals surface area contributed by atoms with E-state index in [4.69, 9.17) is 4.74 Å². The van der Waals surface area contributed by atoms with Gasteiger partial charge in [-0.3, -0.25) is 4.18 Å². The summed E-state index contributed by atoms with van der Waals surface area (Å²) in [4.78, 5) is 10.6. The normalized spacial score (nSPS) is 12.1. The van der Waals surface area contributed by atoms with E-state index in [1.54, 1.807) is 0 Å². The second kappa shape index (κ2) is 8.22. The van der Waals surface area contributed by atoms with Crippen molar-refractivity contribution < 1.29 is 35.3 Å². The van der Waals surface area contributed by atoms with E-state index in [0.717, 1.165) is 6.08 Å². The SMILES string of the molecule is C=CC(=O)OCCOCCOS(=O)(=O)NS(C)(=O)=O. The Bertz CT molecular complexity index is 495. The number of hydrogen-bond acceptors (Lipinski definition) is 8. The molecule has 0 fully saturated rings. The predicted octanol–water partition coefficient (Wildman–Crippen LogP) is -1.46. The minimum absolute atomic E-state index is 0.0147. The van der Waals surface area contributed by atoms with E-state index in [0.29, 0.717) is 6.26 Å². The number of nitrogens with one attached hydrogen (secondary N) is 1. The molecule has 11 heteroatoms. The van der Waals surface area contributed by atoms with Crippen LogP contribution in [0.4, 0.5) is 0 Å². The Hall–Kier alpha value is -1.01. The quantitative estimate of drug-likeness (QED) is 0.294. The molecule has 0 saturated carbocycles. The number of sulfonamides is 1. The molecular formula is C8H15NO8S2. The largest absolute Gasteiger partial charge is 0.460 e. The van der Waals surface area contributed by atoms with Crippen LogP contribution in [-0.4, -0.2) is 55.5 Å². The zero-order valence-corrected chi connectivity index (χ0v) is 11.8. The third-order valence-corrected chi connectivity index (χ3v) is 3.86. The predicted molar refractivity (Wildman–Crippen MR) is 64.8 cm³/mol. The summed E-state index contributed by atoms with van der Waals surface area (Å²) in [6.45, 7) is 2.73. The van der Waals surface area contributed by atoms with E-state index >= 15 is 0 Å². The van der Waals surface area contributed by atoms with Gasteiger partial charge in [0.1, 0.15) is 6.61 Å². The van der Waals surface area contributed by atoms with Crippen molar-refractivity contribution in [2.45, 2.75) is 0 Å². The Labute approximate surface area is 111 Å². The van der Waals surface area contributed by atoms with E-state index in [2.05, 4.69) is 15.5 Å². The molecule has 0 aliphatic carbocycles. The van der Waals surface area contributed by atoms with Crippen LogP contribution in [0.5, 0.6) is 0 Å². The molecule has 0 radical (unpaired) electrons. The highest BCUT2D eigenvalue weighted by Gasteiger charge is 2.16. The topological polar surface area (TPSA) is 125 Å². The van der Waals surface area contributed by atoms with Gasteiger partial charge < -0.3 is 9.47 Å². The monoisotopic (exact) mass is 317 g/mol. The number of carbonyl (C=O) groups excluding carboxylic acids is 1. The van der Waals surface area contributed by atoms with Crippen LogP contribution in [0.1, 0.15) is 0 Å². The van der Waals surface area contributed by atoms with Crippen molar-refractivity contribution in [3.05, 3.63) is 12.7 Å². The maximum absolute atomic E-state index is 11.0. The molecule has 0 amide bonds. The summed E-state index contributed by atoms with van der Waals surface area (Å²) in [6, 6.07) is 0. The fourth-order valence-electron chi connectivity index (χ4n) is 0.774. The van der Waals surface area contributed by atoms with Crippen LogP contribution in [0.15, 0.2) is 12.7 Å². The van der Waals surface area contributed by atoms with Crippen molar-refractivity contribution in [1.82, 2.24) is 4.13 Å². The van der Waals surface area contributed by atoms with Crippen LogP contribution in [0.25, 0.3) is 0 Å². The molecule has 1 N–H and O–H groups in total. The van der Waals surface area contributed by atoms with Gasteiger partial charge in [0, 0.05) is 6.08 Å². The fraction of sp³-hybridized carbons (Fsp3) is 0.625. The van der Waals surface area contributed by atoms with Crippen molar-refractivity contribution in [2.75, 3.05) is 32.7 Å². The first-order chi connectivity index (χ1) is 8.66. The fourth-order valence-corrected chi connectivity index (χ4v) is 2.74. The van der Waals surface area contributed by atoms with Crippen LogP contribution in [-0.2, 0) is 38.8 Å². The molecule has 0 aliphatic heterocycles. The summed E-state index contributed by atoms with van der Waals surface area (Å²) in [6.07, 6.45) is 1.67. The zero-order valence-electron chi connectivity index (χ0n) is 10.2. The number of esters is 1. The molecule has 0 rings (SSSR count). The number of ether oxygens (including phenoxy) is 2. The lowest BCUT2D eigenvalue weighted by molar-refractivity contribution is -0.139. The highest BCUT2D eigenvalue weighted by atomic mass is 32.3. The summed E-state index contributed by atoms with van der Waals surface area (Å²) in [5.41, 5.74) is 0. The summed E-state index contributed by atoms with van der Waals surface area (Å²) < 4.78 is 58.4. The molecule has 0 aromatic rings. The highest BCUT2D eigenvalue weighted by molar-refractivity contribution is 8.02. The third kappa shape index (κ3) is 11.8. The molecule has 0 aromatic carbocycles. The van der Waals surface area contributed by atoms with Gasteiger partial charge in [-0.05, 0) is 0 Å². The standard InChI is InChI=1S/C8H15NO8S2/c1-3-8(10)16-6-4-15-5-7-17-19(13,14)9-18(2,11)12/h3,9H,1,4-7H2,2H3. The molecular weight excluding hydrogens is 302 g/mol. The van der Waals surface area contributed by atoms with Crippen molar-refractivity contribution in [3.63, 3.8) is 0 Å². The maximum Gasteiger partial charge on any atom is 0.349 e. The second-order valence-corrected chi connectivity index (χ2v) is 6.47. The van der Waals surface area contributed by atoms with E-state index in [-0.39, 0.29) is 26.4 Å². The number of rotatable bonds is 10. The lowest BCUT2D eigenvalue weighted by Gasteiger charge is -2.06. The molecule has 0 aliphatic rings. The number of carbonyl (C=O) groups is 1. The van der Waals surface area contributed by atoms with Gasteiger partial charge in [0.2, 0.25) is 10.0 Å². The average molecular weight is 317 g/mol. The van der Waals surface area contributed by atoms with Gasteiger partial charge in [-0.1, -0.05) is 10.7 Å². The van der Waals surface area contributed by atoms with Crippen molar-refractivity contribution in [1.29, 1.82) is 0 Å². The van der Waals surface area contributed by atoms with Crippen LogP contribution < -0.4 is 4.13 Å². The second-order valence-electron chi connectivity index (χ2n) is 3.12. The Morgan fingerprint density at radius 2 is 1.74 bits per heavy atom. The van der Waals surface area contributed by atoms with Gasteiger partial charge in [0.25, 0.3) is 0 Å². The molecule has 0 bridgehead atoms. The number of hydrogen-bond donors (Lipinski definition) is 1. The zero-order chi connectivity index (χ0) is 14.9. The molecule has 0 unspecified atom stereocenters. The highest BCUT2D eigenvalue weighted by Crippen LogP contribution is 1.91. The molecule has 0 saturated heterocycles. The molecule has 9 nitrogen and oxygen atoms in total. The van der Waals surface area contributed by atoms with Crippen LogP contribution in [0.3, 0.4) is 0 Å². The Balaban J connectivity index is 3.70. The van der Waals surface area contributed by atoms with Gasteiger partial charge in [0.05, 0.1) is 26.1 Å². The molecule has 19 heavy (non-hydrogen) atoms. The smallest absolute Gasteiger partial charge is 0.349 e. The maximum atomic E-state index is 11.0. The van der Waals surface area contributed by atoms with Crippen LogP contribution >= 0.6 is 0 Å². The van der Waals surface area contributed by atoms with Crippen molar-refractivity contribution in [3.8, 4) is 0 Å². The lowest BCUT2D eigenvalue weighted by atomic mass is 10.6. The molecule has 112 valence electrons. The molecule has 0 atom stereocenters. The van der Waals surface area contributed by atoms with Gasteiger partial charge in [-0.25, -0.2) is 13.2 Å². The Morgan fingerprint density at radius 1 is 1.16 bits per heavy atom. The minimum Gasteiger partial charge on any atom is -0.460 e. The van der Waals surface area contributed by atoms with E-state index in [1.165, 1.54) is 4.13 Å². The first-order valence-electron chi connectivity index (χ1n) is 4.91. The third-order valence-electron chi connectivity index (χ3n) is 1.36. The van der Waals surface area contributed by atoms with Crippen molar-refractivity contribution in [2.24, 2.45) is 0 Å². The van der Waals surface area contributed by atoms with Gasteiger partial charge in [-0.15, -0.1) is 0 Å². The summed E-state index contributed by atoms with van der Waals surface area (Å²) in [5, 5.41) is 0. The summed E-state index contributed by atoms with van der Waals surface area (Å²) in [5.74, 6) is -0.597. The van der Waals surface area contributed by atoms with Gasteiger partial charge >= 0.3 is 16.3 Å². The van der Waals surface area contributed by atoms with Gasteiger partial charge in [-0.2, -0.15) is 8.42 Å². The van der Waals surface area contributed by atoms with E-state index in [1.807, 2.05) is 0 Å². The van der Waals surface area contributed by atoms with E-state index in [9.17, 15) is 21.6 Å². The summed E-state index contributed by atoms with van der Waals surface area (Å²) in [7, 11) is -8.28.